The second-order valence-electron chi connectivity index (χ2n) is 5.85. The first kappa shape index (κ1) is 17.8. The fraction of sp³-hybridized carbons (Fsp3) is 0.733. The minimum Gasteiger partial charge on any atom is -0.383 e. The number of carbonyl (C=O) groups excluding carboxylic acids is 2. The average molecular weight is 340 g/mol. The van der Waals surface area contributed by atoms with Crippen LogP contribution in [0.3, 0.4) is 0 Å². The Morgan fingerprint density at radius 2 is 2.30 bits per heavy atom. The number of aryl methyl sites for hydroxylation is 1. The number of methoxy groups -OCH3 is 1. The van der Waals surface area contributed by atoms with Gasteiger partial charge >= 0.3 is 0 Å². The van der Waals surface area contributed by atoms with Crippen LogP contribution in [0.1, 0.15) is 38.1 Å². The van der Waals surface area contributed by atoms with Crippen LogP contribution < -0.4 is 5.32 Å². The molecule has 128 valence electrons. The summed E-state index contributed by atoms with van der Waals surface area (Å²) in [5.74, 6) is -0.510. The van der Waals surface area contributed by atoms with Crippen LogP contribution in [0.4, 0.5) is 5.13 Å². The number of carbonyl (C=O) groups is 2. The third kappa shape index (κ3) is 4.71. The summed E-state index contributed by atoms with van der Waals surface area (Å²) in [6, 6.07) is -0.0209. The van der Waals surface area contributed by atoms with Gasteiger partial charge in [-0.1, -0.05) is 24.7 Å². The summed E-state index contributed by atoms with van der Waals surface area (Å²) < 4.78 is 5.08. The maximum absolute atomic E-state index is 12.3. The predicted octanol–water partition coefficient (Wildman–Crippen LogP) is 1.70. The van der Waals surface area contributed by atoms with E-state index in [9.17, 15) is 9.59 Å². The van der Waals surface area contributed by atoms with Crippen molar-refractivity contribution >= 4 is 28.3 Å². The van der Waals surface area contributed by atoms with E-state index < -0.39 is 0 Å². The van der Waals surface area contributed by atoms with Crippen LogP contribution in [0, 0.1) is 5.92 Å². The van der Waals surface area contributed by atoms with Crippen LogP contribution in [0.2, 0.25) is 0 Å². The lowest BCUT2D eigenvalue weighted by Crippen LogP contribution is -2.38. The number of rotatable bonds is 8. The molecule has 0 bridgehead atoms. The quantitative estimate of drug-likeness (QED) is 0.779. The van der Waals surface area contributed by atoms with Gasteiger partial charge in [-0.3, -0.25) is 9.59 Å². The van der Waals surface area contributed by atoms with Crippen LogP contribution in [0.25, 0.3) is 0 Å². The summed E-state index contributed by atoms with van der Waals surface area (Å²) in [5.41, 5.74) is 0. The fourth-order valence-electron chi connectivity index (χ4n) is 2.60. The highest BCUT2D eigenvalue weighted by atomic mass is 32.1. The van der Waals surface area contributed by atoms with Gasteiger partial charge in [0, 0.05) is 26.5 Å². The van der Waals surface area contributed by atoms with E-state index in [1.807, 2.05) is 6.92 Å². The van der Waals surface area contributed by atoms with Gasteiger partial charge in [0.1, 0.15) is 5.01 Å². The van der Waals surface area contributed by atoms with Crippen LogP contribution in [-0.2, 0) is 20.7 Å². The molecule has 2 amide bonds. The number of hydrogen-bond acceptors (Lipinski definition) is 6. The number of nitrogens with one attached hydrogen (secondary N) is 1. The zero-order valence-corrected chi connectivity index (χ0v) is 14.7. The molecular formula is C15H24N4O3S. The van der Waals surface area contributed by atoms with E-state index in [1.54, 1.807) is 12.0 Å². The molecule has 1 aliphatic rings. The van der Waals surface area contributed by atoms with Gasteiger partial charge in [-0.2, -0.15) is 0 Å². The number of anilines is 1. The second-order valence-corrected chi connectivity index (χ2v) is 6.91. The van der Waals surface area contributed by atoms with Gasteiger partial charge in [0.05, 0.1) is 18.6 Å². The van der Waals surface area contributed by atoms with E-state index in [-0.39, 0.29) is 30.2 Å². The Hall–Kier alpha value is -1.54. The lowest BCUT2D eigenvalue weighted by molar-refractivity contribution is -0.130. The average Bonchev–Trinajstić information content (AvgIpc) is 3.12. The summed E-state index contributed by atoms with van der Waals surface area (Å²) in [7, 11) is 1.60. The van der Waals surface area contributed by atoms with Gasteiger partial charge in [-0.05, 0) is 13.3 Å². The Bertz CT molecular complexity index is 549. The predicted molar refractivity (Wildman–Crippen MR) is 88.3 cm³/mol. The Morgan fingerprint density at radius 1 is 1.52 bits per heavy atom. The first-order valence-corrected chi connectivity index (χ1v) is 8.78. The maximum atomic E-state index is 12.3. The maximum Gasteiger partial charge on any atom is 0.231 e. The molecule has 8 heteroatoms. The Kier molecular flexibility index (Phi) is 6.47. The molecule has 1 saturated heterocycles. The molecule has 0 aliphatic carbocycles. The van der Waals surface area contributed by atoms with Crippen molar-refractivity contribution in [1.82, 2.24) is 15.1 Å². The second kappa shape index (κ2) is 8.35. The standard InChI is InChI=1S/C15H24N4O3S/c1-4-5-6-12-17-18-15(23-12)16-14(21)11-7-13(20)19(8-11)10(2)9-22-3/h10-11H,4-9H2,1-3H3,(H,16,18,21)/t10-,11+/m1/s1. The number of aromatic nitrogens is 2. The molecule has 0 aromatic carbocycles. The van der Waals surface area contributed by atoms with Gasteiger partial charge in [0.25, 0.3) is 0 Å². The molecule has 1 N–H and O–H groups in total. The van der Waals surface area contributed by atoms with E-state index in [1.165, 1.54) is 11.3 Å². The zero-order chi connectivity index (χ0) is 16.8. The third-order valence-corrected chi connectivity index (χ3v) is 4.81. The topological polar surface area (TPSA) is 84.4 Å². The van der Waals surface area contributed by atoms with Crippen molar-refractivity contribution in [3.8, 4) is 0 Å². The Labute approximate surface area is 140 Å². The monoisotopic (exact) mass is 340 g/mol. The summed E-state index contributed by atoms with van der Waals surface area (Å²) in [5, 5.41) is 12.3. The Morgan fingerprint density at radius 3 is 3.00 bits per heavy atom. The molecule has 0 radical (unpaired) electrons. The lowest BCUT2D eigenvalue weighted by atomic mass is 10.1. The van der Waals surface area contributed by atoms with Crippen molar-refractivity contribution < 1.29 is 14.3 Å². The molecule has 1 aromatic rings. The number of ether oxygens (including phenoxy) is 1. The molecule has 2 heterocycles. The first-order chi connectivity index (χ1) is 11.0. The van der Waals surface area contributed by atoms with E-state index in [4.69, 9.17) is 4.74 Å². The molecule has 2 rings (SSSR count). The summed E-state index contributed by atoms with van der Waals surface area (Å²) in [6.07, 6.45) is 3.28. The van der Waals surface area contributed by atoms with E-state index in [2.05, 4.69) is 22.4 Å². The Balaban J connectivity index is 1.89. The number of likely N-dealkylation sites (tertiary alicyclic amines) is 1. The summed E-state index contributed by atoms with van der Waals surface area (Å²) >= 11 is 1.40. The highest BCUT2D eigenvalue weighted by Gasteiger charge is 2.36. The molecule has 7 nitrogen and oxygen atoms in total. The minimum atomic E-state index is -0.343. The van der Waals surface area contributed by atoms with E-state index in [0.29, 0.717) is 18.3 Å². The molecule has 0 unspecified atom stereocenters. The molecular weight excluding hydrogens is 316 g/mol. The fourth-order valence-corrected chi connectivity index (χ4v) is 3.39. The minimum absolute atomic E-state index is 0.00408. The largest absolute Gasteiger partial charge is 0.383 e. The number of unbranched alkanes of at least 4 members (excludes halogenated alkanes) is 1. The van der Waals surface area contributed by atoms with Crippen molar-refractivity contribution in [2.75, 3.05) is 25.6 Å². The smallest absolute Gasteiger partial charge is 0.231 e. The van der Waals surface area contributed by atoms with Gasteiger partial charge in [-0.15, -0.1) is 10.2 Å². The van der Waals surface area contributed by atoms with Crippen molar-refractivity contribution in [3.05, 3.63) is 5.01 Å². The zero-order valence-electron chi connectivity index (χ0n) is 13.9. The number of hydrogen-bond donors (Lipinski definition) is 1. The highest BCUT2D eigenvalue weighted by molar-refractivity contribution is 7.15. The molecule has 1 aliphatic heterocycles. The molecule has 2 atom stereocenters. The molecule has 0 spiro atoms. The third-order valence-electron chi connectivity index (χ3n) is 3.91. The van der Waals surface area contributed by atoms with Crippen molar-refractivity contribution in [2.45, 2.75) is 45.6 Å². The molecule has 23 heavy (non-hydrogen) atoms. The van der Waals surface area contributed by atoms with Gasteiger partial charge < -0.3 is 15.0 Å². The SMILES string of the molecule is CCCCc1nnc(NC(=O)[C@H]2CC(=O)N([C@H](C)COC)C2)s1. The van der Waals surface area contributed by atoms with Crippen LogP contribution in [0.5, 0.6) is 0 Å². The number of nitrogens with zero attached hydrogens (tertiary/aromatic N) is 3. The highest BCUT2D eigenvalue weighted by Crippen LogP contribution is 2.23. The van der Waals surface area contributed by atoms with E-state index >= 15 is 0 Å². The van der Waals surface area contributed by atoms with Gasteiger partial charge in [0.2, 0.25) is 16.9 Å². The van der Waals surface area contributed by atoms with Gasteiger partial charge in [0.15, 0.2) is 0 Å². The van der Waals surface area contributed by atoms with Crippen LogP contribution in [0.15, 0.2) is 0 Å². The van der Waals surface area contributed by atoms with Crippen molar-refractivity contribution in [2.24, 2.45) is 5.92 Å². The van der Waals surface area contributed by atoms with Crippen LogP contribution >= 0.6 is 11.3 Å². The van der Waals surface area contributed by atoms with Crippen LogP contribution in [-0.4, -0.2) is 53.2 Å². The van der Waals surface area contributed by atoms with Gasteiger partial charge in [-0.25, -0.2) is 0 Å². The normalized spacial score (nSPS) is 19.2. The number of amides is 2. The molecule has 1 fully saturated rings. The van der Waals surface area contributed by atoms with Crippen molar-refractivity contribution in [3.63, 3.8) is 0 Å². The molecule has 1 aromatic heterocycles. The summed E-state index contributed by atoms with van der Waals surface area (Å²) in [6.45, 7) is 4.94. The summed E-state index contributed by atoms with van der Waals surface area (Å²) in [4.78, 5) is 26.1. The first-order valence-electron chi connectivity index (χ1n) is 7.96. The van der Waals surface area contributed by atoms with E-state index in [0.717, 1.165) is 24.3 Å². The van der Waals surface area contributed by atoms with Crippen molar-refractivity contribution in [1.29, 1.82) is 0 Å². The lowest BCUT2D eigenvalue weighted by Gasteiger charge is -2.23. The molecule has 0 saturated carbocycles.